The summed E-state index contributed by atoms with van der Waals surface area (Å²) in [7, 11) is 3.17. The highest BCUT2D eigenvalue weighted by atomic mass is 16.5. The molecule has 2 rings (SSSR count). The summed E-state index contributed by atoms with van der Waals surface area (Å²) in [6, 6.07) is 3.58. The molecule has 0 bridgehead atoms. The maximum absolute atomic E-state index is 8.74. The van der Waals surface area contributed by atoms with Crippen molar-refractivity contribution in [2.45, 2.75) is 6.42 Å². The molecule has 0 aliphatic carbocycles. The number of hydrogen-bond donors (Lipinski definition) is 2. The molecule has 19 heavy (non-hydrogen) atoms. The van der Waals surface area contributed by atoms with Gasteiger partial charge in [0.1, 0.15) is 5.82 Å². The highest BCUT2D eigenvalue weighted by Gasteiger charge is 2.08. The lowest BCUT2D eigenvalue weighted by Crippen LogP contribution is -2.05. The van der Waals surface area contributed by atoms with Crippen LogP contribution < -0.4 is 14.8 Å². The van der Waals surface area contributed by atoms with E-state index in [1.807, 2.05) is 0 Å². The van der Waals surface area contributed by atoms with E-state index in [0.29, 0.717) is 30.3 Å². The molecule has 2 N–H and O–H groups in total. The maximum Gasteiger partial charge on any atom is 0.163 e. The third kappa shape index (κ3) is 3.03. The Bertz CT molecular complexity index is 560. The first kappa shape index (κ1) is 13.4. The summed E-state index contributed by atoms with van der Waals surface area (Å²) >= 11 is 0. The Morgan fingerprint density at radius 1 is 1.16 bits per heavy atom. The predicted octanol–water partition coefficient (Wildman–Crippen LogP) is 1.44. The number of hydrogen-bond acceptors (Lipinski definition) is 6. The standard InChI is InChI=1S/C13H17N3O3/c1-18-11-6-9-10(7-12(11)19-2)16-13(8-15-9)14-4-3-5-17/h6-8,17H,3-5H2,1-2H3,(H,14,16). The van der Waals surface area contributed by atoms with E-state index in [4.69, 9.17) is 14.6 Å². The number of nitrogens with zero attached hydrogens (tertiary/aromatic N) is 2. The summed E-state index contributed by atoms with van der Waals surface area (Å²) < 4.78 is 10.5. The van der Waals surface area contributed by atoms with E-state index in [0.717, 1.165) is 11.0 Å². The minimum absolute atomic E-state index is 0.152. The SMILES string of the molecule is COc1cc2ncc(NCCCO)nc2cc1OC. The predicted molar refractivity (Wildman–Crippen MR) is 72.8 cm³/mol. The van der Waals surface area contributed by atoms with Gasteiger partial charge >= 0.3 is 0 Å². The molecule has 0 aliphatic heterocycles. The Balaban J connectivity index is 2.31. The van der Waals surface area contributed by atoms with Crippen molar-refractivity contribution >= 4 is 16.9 Å². The first-order valence-electron chi connectivity index (χ1n) is 6.02. The van der Waals surface area contributed by atoms with Gasteiger partial charge in [0, 0.05) is 25.3 Å². The molecule has 0 fully saturated rings. The van der Waals surface area contributed by atoms with Gasteiger partial charge in [-0.15, -0.1) is 0 Å². The average molecular weight is 263 g/mol. The molecule has 0 spiro atoms. The number of fused-ring (bicyclic) bond motifs is 1. The quantitative estimate of drug-likeness (QED) is 0.768. The number of aliphatic hydroxyl groups excluding tert-OH is 1. The average Bonchev–Trinajstić information content (AvgIpc) is 2.46. The van der Waals surface area contributed by atoms with E-state index in [9.17, 15) is 0 Å². The van der Waals surface area contributed by atoms with E-state index in [-0.39, 0.29) is 6.61 Å². The molecule has 1 heterocycles. The van der Waals surface area contributed by atoms with Crippen LogP contribution in [0.4, 0.5) is 5.82 Å². The van der Waals surface area contributed by atoms with Crippen molar-refractivity contribution in [3.05, 3.63) is 18.3 Å². The van der Waals surface area contributed by atoms with Gasteiger partial charge in [-0.05, 0) is 6.42 Å². The van der Waals surface area contributed by atoms with Crippen LogP contribution in [0, 0.1) is 0 Å². The Morgan fingerprint density at radius 2 is 1.84 bits per heavy atom. The van der Waals surface area contributed by atoms with Crippen molar-refractivity contribution in [3.8, 4) is 11.5 Å². The van der Waals surface area contributed by atoms with Crippen LogP contribution in [0.3, 0.4) is 0 Å². The van der Waals surface area contributed by atoms with Crippen molar-refractivity contribution in [3.63, 3.8) is 0 Å². The molecular weight excluding hydrogens is 246 g/mol. The zero-order valence-electron chi connectivity index (χ0n) is 11.0. The van der Waals surface area contributed by atoms with Gasteiger partial charge in [-0.25, -0.2) is 4.98 Å². The number of nitrogens with one attached hydrogen (secondary N) is 1. The summed E-state index contributed by atoms with van der Waals surface area (Å²) in [5, 5.41) is 11.8. The van der Waals surface area contributed by atoms with E-state index in [2.05, 4.69) is 15.3 Å². The zero-order chi connectivity index (χ0) is 13.7. The number of benzene rings is 1. The van der Waals surface area contributed by atoms with Crippen LogP contribution in [-0.4, -0.2) is 42.4 Å². The molecule has 0 atom stereocenters. The number of aromatic nitrogens is 2. The highest BCUT2D eigenvalue weighted by Crippen LogP contribution is 2.30. The first-order valence-corrected chi connectivity index (χ1v) is 6.02. The van der Waals surface area contributed by atoms with Crippen LogP contribution in [0.5, 0.6) is 11.5 Å². The lowest BCUT2D eigenvalue weighted by molar-refractivity contribution is 0.292. The molecular formula is C13H17N3O3. The molecule has 0 aliphatic rings. The smallest absolute Gasteiger partial charge is 0.163 e. The van der Waals surface area contributed by atoms with Gasteiger partial charge in [-0.3, -0.25) is 4.98 Å². The van der Waals surface area contributed by atoms with Gasteiger partial charge in [-0.2, -0.15) is 0 Å². The normalized spacial score (nSPS) is 10.5. The largest absolute Gasteiger partial charge is 0.493 e. The fourth-order valence-electron chi connectivity index (χ4n) is 1.72. The summed E-state index contributed by atoms with van der Waals surface area (Å²) in [4.78, 5) is 8.76. The zero-order valence-corrected chi connectivity index (χ0v) is 11.0. The summed E-state index contributed by atoms with van der Waals surface area (Å²) in [5.41, 5.74) is 1.47. The topological polar surface area (TPSA) is 76.5 Å². The minimum atomic E-state index is 0.152. The van der Waals surface area contributed by atoms with Crippen molar-refractivity contribution in [2.75, 3.05) is 32.7 Å². The summed E-state index contributed by atoms with van der Waals surface area (Å²) in [6.45, 7) is 0.809. The summed E-state index contributed by atoms with van der Waals surface area (Å²) in [5.74, 6) is 1.93. The van der Waals surface area contributed by atoms with Gasteiger partial charge in [-0.1, -0.05) is 0 Å². The molecule has 6 nitrogen and oxygen atoms in total. The van der Waals surface area contributed by atoms with Crippen LogP contribution in [0.2, 0.25) is 0 Å². The second-order valence-electron chi connectivity index (χ2n) is 3.96. The molecule has 0 saturated carbocycles. The molecule has 1 aromatic heterocycles. The van der Waals surface area contributed by atoms with Crippen molar-refractivity contribution in [1.29, 1.82) is 0 Å². The van der Waals surface area contributed by atoms with Gasteiger partial charge in [0.05, 0.1) is 31.4 Å². The molecule has 0 radical (unpaired) electrons. The fraction of sp³-hybridized carbons (Fsp3) is 0.385. The van der Waals surface area contributed by atoms with Crippen molar-refractivity contribution < 1.29 is 14.6 Å². The second-order valence-corrected chi connectivity index (χ2v) is 3.96. The lowest BCUT2D eigenvalue weighted by atomic mass is 10.2. The molecule has 2 aromatic rings. The van der Waals surface area contributed by atoms with Crippen LogP contribution in [0.15, 0.2) is 18.3 Å². The Kier molecular flexibility index (Phi) is 4.35. The molecule has 1 aromatic carbocycles. The number of ether oxygens (including phenoxy) is 2. The lowest BCUT2D eigenvalue weighted by Gasteiger charge is -2.09. The van der Waals surface area contributed by atoms with Gasteiger partial charge < -0.3 is 19.9 Å². The van der Waals surface area contributed by atoms with Gasteiger partial charge in [0.2, 0.25) is 0 Å². The second kappa shape index (κ2) is 6.19. The van der Waals surface area contributed by atoms with E-state index in [1.54, 1.807) is 32.5 Å². The van der Waals surface area contributed by atoms with Crippen molar-refractivity contribution in [2.24, 2.45) is 0 Å². The Hall–Kier alpha value is -2.08. The Morgan fingerprint density at radius 3 is 2.47 bits per heavy atom. The first-order chi connectivity index (χ1) is 9.28. The van der Waals surface area contributed by atoms with Gasteiger partial charge in [0.15, 0.2) is 11.5 Å². The Labute approximate surface area is 111 Å². The van der Waals surface area contributed by atoms with E-state index in [1.165, 1.54) is 0 Å². The maximum atomic E-state index is 8.74. The number of aliphatic hydroxyl groups is 1. The van der Waals surface area contributed by atoms with Crippen LogP contribution in [0.25, 0.3) is 11.0 Å². The third-order valence-electron chi connectivity index (χ3n) is 2.69. The number of methoxy groups -OCH3 is 2. The van der Waals surface area contributed by atoms with Crippen LogP contribution in [0.1, 0.15) is 6.42 Å². The van der Waals surface area contributed by atoms with Crippen LogP contribution >= 0.6 is 0 Å². The molecule has 0 saturated heterocycles. The molecule has 102 valence electrons. The summed E-state index contributed by atoms with van der Waals surface area (Å²) in [6.07, 6.45) is 2.33. The molecule has 0 amide bonds. The number of anilines is 1. The monoisotopic (exact) mass is 263 g/mol. The molecule has 6 heteroatoms. The van der Waals surface area contributed by atoms with Crippen LogP contribution in [-0.2, 0) is 0 Å². The highest BCUT2D eigenvalue weighted by molar-refractivity contribution is 5.80. The fourth-order valence-corrected chi connectivity index (χ4v) is 1.72. The van der Waals surface area contributed by atoms with Crippen molar-refractivity contribution in [1.82, 2.24) is 9.97 Å². The van der Waals surface area contributed by atoms with E-state index < -0.39 is 0 Å². The minimum Gasteiger partial charge on any atom is -0.493 e. The third-order valence-corrected chi connectivity index (χ3v) is 2.69. The van der Waals surface area contributed by atoms with Gasteiger partial charge in [0.25, 0.3) is 0 Å². The molecule has 0 unspecified atom stereocenters. The van der Waals surface area contributed by atoms with E-state index >= 15 is 0 Å². The number of rotatable bonds is 6.